The summed E-state index contributed by atoms with van der Waals surface area (Å²) >= 11 is 0. The lowest BCUT2D eigenvalue weighted by Crippen LogP contribution is -2.19. The van der Waals surface area contributed by atoms with E-state index in [1.807, 2.05) is 0 Å². The van der Waals surface area contributed by atoms with Crippen molar-refractivity contribution in [1.82, 2.24) is 9.71 Å². The summed E-state index contributed by atoms with van der Waals surface area (Å²) in [5, 5.41) is 10.4. The molecule has 0 bridgehead atoms. The molecule has 0 aliphatic rings. The van der Waals surface area contributed by atoms with Gasteiger partial charge in [-0.15, -0.1) is 0 Å². The fourth-order valence-electron chi connectivity index (χ4n) is 0.784. The van der Waals surface area contributed by atoms with E-state index in [0.717, 1.165) is 17.9 Å². The fourth-order valence-corrected chi connectivity index (χ4v) is 0.784. The van der Waals surface area contributed by atoms with Crippen LogP contribution in [0.15, 0.2) is 6.20 Å². The van der Waals surface area contributed by atoms with Crippen molar-refractivity contribution in [2.75, 3.05) is 0 Å². The number of aryl methyl sites for hydroxylation is 1. The summed E-state index contributed by atoms with van der Waals surface area (Å²) in [4.78, 5) is 28.4. The largest absolute Gasteiger partial charge is 0.382 e. The zero-order chi connectivity index (χ0) is 10.0. The van der Waals surface area contributed by atoms with E-state index in [9.17, 15) is 14.9 Å². The molecule has 0 spiro atoms. The number of hydrogen-bond donors (Lipinski definition) is 0. The van der Waals surface area contributed by atoms with Crippen LogP contribution >= 0.6 is 0 Å². The molecule has 1 aromatic heterocycles. The van der Waals surface area contributed by atoms with E-state index in [2.05, 4.69) is 9.82 Å². The van der Waals surface area contributed by atoms with Crippen molar-refractivity contribution >= 4 is 11.8 Å². The highest BCUT2D eigenvalue weighted by Gasteiger charge is 2.20. The van der Waals surface area contributed by atoms with Gasteiger partial charge < -0.3 is 10.1 Å². The van der Waals surface area contributed by atoms with E-state index in [-0.39, 0.29) is 11.6 Å². The smallest absolute Gasteiger partial charge is 0.358 e. The van der Waals surface area contributed by atoms with E-state index in [0.29, 0.717) is 0 Å². The molecule has 7 heteroatoms. The van der Waals surface area contributed by atoms with Gasteiger partial charge in [-0.1, -0.05) is 0 Å². The molecule has 0 aliphatic heterocycles. The molecule has 1 heterocycles. The van der Waals surface area contributed by atoms with Gasteiger partial charge in [0.15, 0.2) is 0 Å². The monoisotopic (exact) mass is 185 g/mol. The van der Waals surface area contributed by atoms with Gasteiger partial charge >= 0.3 is 11.8 Å². The highest BCUT2D eigenvalue weighted by molar-refractivity contribution is 5.66. The average Bonchev–Trinajstić information content (AvgIpc) is 2.32. The van der Waals surface area contributed by atoms with Gasteiger partial charge in [0.2, 0.25) is 5.82 Å². The first-order valence-electron chi connectivity index (χ1n) is 3.40. The van der Waals surface area contributed by atoms with Gasteiger partial charge in [-0.2, -0.15) is 0 Å². The normalized spacial score (nSPS) is 9.69. The van der Waals surface area contributed by atoms with Gasteiger partial charge in [0.05, 0.1) is 0 Å². The van der Waals surface area contributed by atoms with Crippen molar-refractivity contribution in [3.05, 3.63) is 22.1 Å². The molecule has 0 amide bonds. The minimum atomic E-state index is -0.678. The van der Waals surface area contributed by atoms with Crippen LogP contribution in [-0.2, 0) is 4.79 Å². The summed E-state index contributed by atoms with van der Waals surface area (Å²) in [6.45, 7) is 2.65. The zero-order valence-electron chi connectivity index (χ0n) is 7.05. The third-order valence-electron chi connectivity index (χ3n) is 1.28. The number of hydrogen-bond acceptors (Lipinski definition) is 5. The van der Waals surface area contributed by atoms with Gasteiger partial charge in [-0.3, -0.25) is 4.84 Å². The van der Waals surface area contributed by atoms with Gasteiger partial charge in [-0.25, -0.2) is 9.78 Å². The Hall–Kier alpha value is -1.92. The molecule has 1 rings (SSSR count). The summed E-state index contributed by atoms with van der Waals surface area (Å²) < 4.78 is 0.780. The maximum absolute atomic E-state index is 10.5. The number of rotatable bonds is 2. The Morgan fingerprint density at radius 3 is 2.85 bits per heavy atom. The summed E-state index contributed by atoms with van der Waals surface area (Å²) in [5.41, 5.74) is 0. The van der Waals surface area contributed by atoms with Crippen LogP contribution in [0.25, 0.3) is 0 Å². The van der Waals surface area contributed by atoms with Crippen LogP contribution in [0.2, 0.25) is 0 Å². The van der Waals surface area contributed by atoms with E-state index in [4.69, 9.17) is 0 Å². The SMILES string of the molecule is CC(=O)On1c([N+](=O)[O-])cnc1C. The lowest BCUT2D eigenvalue weighted by atomic mass is 10.7. The van der Waals surface area contributed by atoms with Crippen molar-refractivity contribution in [3.8, 4) is 0 Å². The second-order valence-electron chi connectivity index (χ2n) is 2.30. The van der Waals surface area contributed by atoms with Crippen LogP contribution < -0.4 is 4.84 Å². The average molecular weight is 185 g/mol. The third-order valence-corrected chi connectivity index (χ3v) is 1.28. The van der Waals surface area contributed by atoms with Crippen LogP contribution in [0.3, 0.4) is 0 Å². The zero-order valence-corrected chi connectivity index (χ0v) is 7.05. The summed E-state index contributed by atoms with van der Waals surface area (Å²) in [6, 6.07) is 0. The molecule has 0 unspecified atom stereocenters. The van der Waals surface area contributed by atoms with Gasteiger partial charge in [-0.05, 0) is 9.65 Å². The molecule has 0 aliphatic carbocycles. The molecular weight excluding hydrogens is 178 g/mol. The predicted octanol–water partition coefficient (Wildman–Crippen LogP) is 0.0748. The van der Waals surface area contributed by atoms with Crippen molar-refractivity contribution < 1.29 is 14.6 Å². The van der Waals surface area contributed by atoms with Crippen LogP contribution in [0, 0.1) is 17.0 Å². The molecular formula is C6H7N3O4. The second-order valence-corrected chi connectivity index (χ2v) is 2.30. The molecule has 0 fully saturated rings. The molecule has 0 atom stereocenters. The number of nitrogens with zero attached hydrogens (tertiary/aromatic N) is 3. The first-order chi connectivity index (χ1) is 6.02. The highest BCUT2D eigenvalue weighted by Crippen LogP contribution is 2.10. The van der Waals surface area contributed by atoms with Crippen LogP contribution in [0.5, 0.6) is 0 Å². The summed E-state index contributed by atoms with van der Waals surface area (Å²) in [5.74, 6) is -0.751. The molecule has 70 valence electrons. The molecule has 0 saturated carbocycles. The van der Waals surface area contributed by atoms with E-state index in [1.54, 1.807) is 0 Å². The third kappa shape index (κ3) is 1.81. The van der Waals surface area contributed by atoms with E-state index < -0.39 is 10.9 Å². The van der Waals surface area contributed by atoms with E-state index >= 15 is 0 Å². The first-order valence-corrected chi connectivity index (χ1v) is 3.40. The Balaban J connectivity index is 3.08. The second kappa shape index (κ2) is 3.21. The predicted molar refractivity (Wildman–Crippen MR) is 40.9 cm³/mol. The molecule has 0 aromatic carbocycles. The highest BCUT2D eigenvalue weighted by atomic mass is 16.7. The summed E-state index contributed by atoms with van der Waals surface area (Å²) in [7, 11) is 0. The molecule has 7 nitrogen and oxygen atoms in total. The lowest BCUT2D eigenvalue weighted by Gasteiger charge is -1.98. The molecule has 13 heavy (non-hydrogen) atoms. The van der Waals surface area contributed by atoms with Crippen LogP contribution in [0.1, 0.15) is 12.7 Å². The molecule has 0 radical (unpaired) electrons. The van der Waals surface area contributed by atoms with E-state index in [1.165, 1.54) is 6.92 Å². The minimum Gasteiger partial charge on any atom is -0.358 e. The van der Waals surface area contributed by atoms with Crippen molar-refractivity contribution in [2.24, 2.45) is 0 Å². The van der Waals surface area contributed by atoms with Gasteiger partial charge in [0.25, 0.3) is 0 Å². The number of aromatic nitrogens is 2. The summed E-state index contributed by atoms with van der Waals surface area (Å²) in [6.07, 6.45) is 1.03. The van der Waals surface area contributed by atoms with Gasteiger partial charge in [0, 0.05) is 13.8 Å². The molecule has 0 saturated heterocycles. The molecule has 0 N–H and O–H groups in total. The molecule has 1 aromatic rings. The Bertz CT molecular complexity index is 357. The lowest BCUT2D eigenvalue weighted by molar-refractivity contribution is -0.396. The number of imidazole rings is 1. The maximum atomic E-state index is 10.5. The number of carbonyl (C=O) groups excluding carboxylic acids is 1. The van der Waals surface area contributed by atoms with Gasteiger partial charge in [0.1, 0.15) is 6.20 Å². The van der Waals surface area contributed by atoms with Crippen LogP contribution in [0.4, 0.5) is 5.82 Å². The van der Waals surface area contributed by atoms with Crippen molar-refractivity contribution in [3.63, 3.8) is 0 Å². The topological polar surface area (TPSA) is 87.3 Å². The minimum absolute atomic E-state index is 0.252. The Labute approximate surface area is 73.0 Å². The Kier molecular flexibility index (Phi) is 2.27. The number of nitro groups is 1. The fraction of sp³-hybridized carbons (Fsp3) is 0.333. The van der Waals surface area contributed by atoms with Crippen molar-refractivity contribution in [1.29, 1.82) is 0 Å². The van der Waals surface area contributed by atoms with Crippen LogP contribution in [-0.4, -0.2) is 20.6 Å². The Morgan fingerprint density at radius 1 is 1.77 bits per heavy atom. The van der Waals surface area contributed by atoms with Crippen molar-refractivity contribution in [2.45, 2.75) is 13.8 Å². The maximum Gasteiger partial charge on any atom is 0.382 e. The Morgan fingerprint density at radius 2 is 2.38 bits per heavy atom. The first kappa shape index (κ1) is 9.17. The number of carbonyl (C=O) groups is 1. The quantitative estimate of drug-likeness (QED) is 0.480. The standard InChI is InChI=1S/C6H7N3O4/c1-4-7-3-6(9(11)12)8(4)13-5(2)10/h3H,1-2H3.